The summed E-state index contributed by atoms with van der Waals surface area (Å²) >= 11 is 0. The summed E-state index contributed by atoms with van der Waals surface area (Å²) < 4.78 is 0. The summed E-state index contributed by atoms with van der Waals surface area (Å²) in [6.07, 6.45) is 10.2. The number of nitrogens with zero attached hydrogens (tertiary/aromatic N) is 1. The molecule has 0 bridgehead atoms. The van der Waals surface area contributed by atoms with Crippen molar-refractivity contribution < 1.29 is 0 Å². The van der Waals surface area contributed by atoms with Crippen LogP contribution in [0.5, 0.6) is 0 Å². The molecule has 1 aliphatic rings. The number of hydrogen-bond acceptors (Lipinski definition) is 2. The summed E-state index contributed by atoms with van der Waals surface area (Å²) in [5, 5.41) is 1.90. The second-order valence-electron chi connectivity index (χ2n) is 3.44. The first-order chi connectivity index (χ1) is 7.34. The Kier molecular flexibility index (Phi) is 2.88. The molecule has 0 aliphatic carbocycles. The number of benzene rings is 1. The molecule has 0 saturated carbocycles. The lowest BCUT2D eigenvalue weighted by molar-refractivity contribution is 0.381. The molecule has 1 N–H and O–H groups in total. The second kappa shape index (κ2) is 4.51. The minimum absolute atomic E-state index is 1.16. The topological polar surface area (TPSA) is 15.3 Å². The van der Waals surface area contributed by atoms with E-state index in [0.29, 0.717) is 0 Å². The van der Waals surface area contributed by atoms with Gasteiger partial charge in [-0.15, -0.1) is 0 Å². The van der Waals surface area contributed by atoms with E-state index >= 15 is 0 Å². The zero-order valence-corrected chi connectivity index (χ0v) is 8.72. The zero-order chi connectivity index (χ0) is 10.5. The molecule has 0 radical (unpaired) electrons. The molecule has 15 heavy (non-hydrogen) atoms. The maximum Gasteiger partial charge on any atom is 0.0274 e. The number of hydrogen-bond donors (Lipinski definition) is 1. The molecule has 0 saturated heterocycles. The van der Waals surface area contributed by atoms with E-state index in [4.69, 9.17) is 0 Å². The molecular formula is C13H14N2. The van der Waals surface area contributed by atoms with E-state index in [9.17, 15) is 0 Å². The van der Waals surface area contributed by atoms with Gasteiger partial charge in [-0.1, -0.05) is 42.5 Å². The average molecular weight is 198 g/mol. The largest absolute Gasteiger partial charge is 0.306 e. The van der Waals surface area contributed by atoms with Gasteiger partial charge in [-0.25, -0.2) is 0 Å². The van der Waals surface area contributed by atoms with Crippen molar-refractivity contribution in [3.63, 3.8) is 0 Å². The Morgan fingerprint density at radius 2 is 1.93 bits per heavy atom. The molecule has 0 atom stereocenters. The number of hydrazine groups is 1. The quantitative estimate of drug-likeness (QED) is 0.785. The van der Waals surface area contributed by atoms with Crippen LogP contribution in [0.2, 0.25) is 0 Å². The standard InChI is InChI=1S/C13H14N2/c1-15-10-9-13(11-14-15)8-7-12-5-3-2-4-6-12/h2-11,14H,1H3/b8-7+. The van der Waals surface area contributed by atoms with Crippen LogP contribution in [0.15, 0.2) is 60.5 Å². The SMILES string of the molecule is CN1C=CC(/C=C/c2ccccc2)=CN1. The minimum Gasteiger partial charge on any atom is -0.306 e. The van der Waals surface area contributed by atoms with Crippen LogP contribution >= 0.6 is 0 Å². The van der Waals surface area contributed by atoms with Gasteiger partial charge in [0.05, 0.1) is 0 Å². The lowest BCUT2D eigenvalue weighted by atomic mass is 10.1. The fourth-order valence-corrected chi connectivity index (χ4v) is 1.33. The van der Waals surface area contributed by atoms with Crippen LogP contribution in [0.1, 0.15) is 5.56 Å². The van der Waals surface area contributed by atoms with Crippen molar-refractivity contribution in [1.29, 1.82) is 0 Å². The van der Waals surface area contributed by atoms with E-state index < -0.39 is 0 Å². The van der Waals surface area contributed by atoms with Gasteiger partial charge in [-0.05, 0) is 17.2 Å². The molecule has 0 spiro atoms. The van der Waals surface area contributed by atoms with Gasteiger partial charge >= 0.3 is 0 Å². The molecule has 2 rings (SSSR count). The summed E-state index contributed by atoms with van der Waals surface area (Å²) in [5.74, 6) is 0. The first-order valence-electron chi connectivity index (χ1n) is 4.95. The summed E-state index contributed by atoms with van der Waals surface area (Å²) in [5.41, 5.74) is 5.48. The highest BCUT2D eigenvalue weighted by Crippen LogP contribution is 2.07. The molecule has 2 heteroatoms. The first-order valence-corrected chi connectivity index (χ1v) is 4.95. The molecule has 0 amide bonds. The second-order valence-corrected chi connectivity index (χ2v) is 3.44. The fraction of sp³-hybridized carbons (Fsp3) is 0.0769. The van der Waals surface area contributed by atoms with E-state index in [1.54, 1.807) is 0 Å². The van der Waals surface area contributed by atoms with Crippen molar-refractivity contribution in [3.8, 4) is 0 Å². The van der Waals surface area contributed by atoms with E-state index in [2.05, 4.69) is 35.8 Å². The van der Waals surface area contributed by atoms with E-state index in [0.717, 1.165) is 5.57 Å². The highest BCUT2D eigenvalue weighted by atomic mass is 15.5. The Bertz CT molecular complexity index is 402. The Hall–Kier alpha value is -1.96. The smallest absolute Gasteiger partial charge is 0.0274 e. The van der Waals surface area contributed by atoms with Gasteiger partial charge in [0.1, 0.15) is 0 Å². The normalized spacial score (nSPS) is 15.3. The third-order valence-corrected chi connectivity index (χ3v) is 2.19. The van der Waals surface area contributed by atoms with E-state index in [-0.39, 0.29) is 0 Å². The van der Waals surface area contributed by atoms with Crippen LogP contribution in [0.4, 0.5) is 0 Å². The van der Waals surface area contributed by atoms with Crippen LogP contribution in [0.25, 0.3) is 6.08 Å². The lowest BCUT2D eigenvalue weighted by Gasteiger charge is -2.17. The number of rotatable bonds is 2. The van der Waals surface area contributed by atoms with Crippen molar-refractivity contribution in [1.82, 2.24) is 10.4 Å². The fourth-order valence-electron chi connectivity index (χ4n) is 1.33. The summed E-state index contributed by atoms with van der Waals surface area (Å²) in [7, 11) is 1.96. The molecule has 0 unspecified atom stereocenters. The van der Waals surface area contributed by atoms with Gasteiger partial charge in [0.25, 0.3) is 0 Å². The van der Waals surface area contributed by atoms with Gasteiger partial charge < -0.3 is 5.43 Å². The van der Waals surface area contributed by atoms with E-state index in [1.807, 2.05) is 42.7 Å². The molecule has 76 valence electrons. The van der Waals surface area contributed by atoms with E-state index in [1.165, 1.54) is 5.56 Å². The highest BCUT2D eigenvalue weighted by molar-refractivity contribution is 5.54. The maximum absolute atomic E-state index is 3.10. The Balaban J connectivity index is 2.04. The average Bonchev–Trinajstić information content (AvgIpc) is 2.30. The van der Waals surface area contributed by atoms with Gasteiger partial charge in [0.2, 0.25) is 0 Å². The van der Waals surface area contributed by atoms with Crippen LogP contribution in [0.3, 0.4) is 0 Å². The molecule has 1 heterocycles. The van der Waals surface area contributed by atoms with Crippen molar-refractivity contribution in [2.45, 2.75) is 0 Å². The molecular weight excluding hydrogens is 184 g/mol. The molecule has 0 aromatic heterocycles. The Morgan fingerprint density at radius 3 is 2.60 bits per heavy atom. The molecule has 2 nitrogen and oxygen atoms in total. The molecule has 0 fully saturated rings. The first kappa shape index (κ1) is 9.59. The monoisotopic (exact) mass is 198 g/mol. The highest BCUT2D eigenvalue weighted by Gasteiger charge is 1.94. The van der Waals surface area contributed by atoms with Gasteiger partial charge in [0, 0.05) is 19.4 Å². The van der Waals surface area contributed by atoms with Crippen LogP contribution in [-0.2, 0) is 0 Å². The van der Waals surface area contributed by atoms with Gasteiger partial charge in [-0.3, -0.25) is 5.01 Å². The van der Waals surface area contributed by atoms with Crippen molar-refractivity contribution >= 4 is 6.08 Å². The van der Waals surface area contributed by atoms with Crippen molar-refractivity contribution in [3.05, 3.63) is 66.0 Å². The summed E-state index contributed by atoms with van der Waals surface area (Å²) in [4.78, 5) is 0. The summed E-state index contributed by atoms with van der Waals surface area (Å²) in [6, 6.07) is 10.3. The summed E-state index contributed by atoms with van der Waals surface area (Å²) in [6.45, 7) is 0. The molecule has 1 aromatic rings. The zero-order valence-electron chi connectivity index (χ0n) is 8.72. The number of allylic oxidation sites excluding steroid dienone is 3. The minimum atomic E-state index is 1.16. The van der Waals surface area contributed by atoms with Gasteiger partial charge in [0.15, 0.2) is 0 Å². The lowest BCUT2D eigenvalue weighted by Crippen LogP contribution is -2.26. The predicted octanol–water partition coefficient (Wildman–Crippen LogP) is 2.55. The van der Waals surface area contributed by atoms with Crippen LogP contribution < -0.4 is 5.43 Å². The van der Waals surface area contributed by atoms with Crippen LogP contribution in [0, 0.1) is 0 Å². The molecule has 1 aliphatic heterocycles. The van der Waals surface area contributed by atoms with Gasteiger partial charge in [-0.2, -0.15) is 0 Å². The Labute approximate surface area is 90.2 Å². The van der Waals surface area contributed by atoms with Crippen molar-refractivity contribution in [2.24, 2.45) is 0 Å². The predicted molar refractivity (Wildman–Crippen MR) is 63.6 cm³/mol. The number of nitrogens with one attached hydrogen (secondary N) is 1. The maximum atomic E-state index is 3.10. The third kappa shape index (κ3) is 2.74. The molecule has 1 aromatic carbocycles. The Morgan fingerprint density at radius 1 is 1.13 bits per heavy atom. The van der Waals surface area contributed by atoms with Crippen molar-refractivity contribution in [2.75, 3.05) is 7.05 Å². The third-order valence-electron chi connectivity index (χ3n) is 2.19. The van der Waals surface area contributed by atoms with Crippen LogP contribution in [-0.4, -0.2) is 12.1 Å².